The zero-order chi connectivity index (χ0) is 18.0. The Hall–Kier alpha value is -2.24. The number of hydrogen-bond acceptors (Lipinski definition) is 4. The molecule has 0 bridgehead atoms. The number of aromatic amines is 1. The van der Waals surface area contributed by atoms with Crippen molar-refractivity contribution in [3.05, 3.63) is 40.7 Å². The SMILES string of the molecule is CCc1cn[nH]c1[C@@H]1CCCN(C(=O)c2cnc(C(C)C)nc2C)C1. The highest BCUT2D eigenvalue weighted by molar-refractivity contribution is 5.95. The van der Waals surface area contributed by atoms with Gasteiger partial charge in [0.25, 0.3) is 5.91 Å². The Morgan fingerprint density at radius 1 is 1.40 bits per heavy atom. The van der Waals surface area contributed by atoms with E-state index < -0.39 is 0 Å². The second-order valence-corrected chi connectivity index (χ2v) is 7.13. The van der Waals surface area contributed by atoms with Crippen LogP contribution < -0.4 is 0 Å². The normalized spacial score (nSPS) is 18.0. The van der Waals surface area contributed by atoms with E-state index in [0.717, 1.165) is 43.9 Å². The highest BCUT2D eigenvalue weighted by Gasteiger charge is 2.28. The summed E-state index contributed by atoms with van der Waals surface area (Å²) in [6.45, 7) is 9.65. The van der Waals surface area contributed by atoms with Gasteiger partial charge in [-0.3, -0.25) is 9.89 Å². The fourth-order valence-electron chi connectivity index (χ4n) is 3.50. The van der Waals surface area contributed by atoms with E-state index in [4.69, 9.17) is 0 Å². The molecule has 0 spiro atoms. The fourth-order valence-corrected chi connectivity index (χ4v) is 3.50. The summed E-state index contributed by atoms with van der Waals surface area (Å²) in [5.74, 6) is 1.41. The zero-order valence-corrected chi connectivity index (χ0v) is 15.5. The molecule has 0 saturated carbocycles. The van der Waals surface area contributed by atoms with Gasteiger partial charge >= 0.3 is 0 Å². The van der Waals surface area contributed by atoms with Gasteiger partial charge in [0.05, 0.1) is 17.5 Å². The van der Waals surface area contributed by atoms with Crippen LogP contribution in [-0.4, -0.2) is 44.1 Å². The lowest BCUT2D eigenvalue weighted by Crippen LogP contribution is -2.39. The van der Waals surface area contributed by atoms with Crippen LogP contribution in [0.15, 0.2) is 12.4 Å². The molecular weight excluding hydrogens is 314 g/mol. The lowest BCUT2D eigenvalue weighted by atomic mass is 9.91. The first kappa shape index (κ1) is 17.6. The molecule has 1 amide bonds. The van der Waals surface area contributed by atoms with Crippen LogP contribution in [0.3, 0.4) is 0 Å². The topological polar surface area (TPSA) is 74.8 Å². The maximum absolute atomic E-state index is 13.0. The Kier molecular flexibility index (Phi) is 5.16. The highest BCUT2D eigenvalue weighted by atomic mass is 16.2. The third-order valence-corrected chi connectivity index (χ3v) is 4.99. The molecule has 0 unspecified atom stereocenters. The van der Waals surface area contributed by atoms with Gasteiger partial charge in [-0.25, -0.2) is 9.97 Å². The minimum Gasteiger partial charge on any atom is -0.338 e. The number of likely N-dealkylation sites (tertiary alicyclic amines) is 1. The molecule has 0 radical (unpaired) electrons. The summed E-state index contributed by atoms with van der Waals surface area (Å²) in [6, 6.07) is 0. The molecule has 1 N–H and O–H groups in total. The largest absolute Gasteiger partial charge is 0.338 e. The average Bonchev–Trinajstić information content (AvgIpc) is 3.10. The Labute approximate surface area is 149 Å². The number of aryl methyl sites for hydroxylation is 2. The second kappa shape index (κ2) is 7.33. The standard InChI is InChI=1S/C19H27N5O/c1-5-14-9-21-23-17(14)15-7-6-8-24(11-15)19(25)16-10-20-18(12(2)3)22-13(16)4/h9-10,12,15H,5-8,11H2,1-4H3,(H,21,23)/t15-/m1/s1. The monoisotopic (exact) mass is 341 g/mol. The summed E-state index contributed by atoms with van der Waals surface area (Å²) in [7, 11) is 0. The molecule has 0 aromatic carbocycles. The van der Waals surface area contributed by atoms with E-state index in [9.17, 15) is 4.79 Å². The van der Waals surface area contributed by atoms with Crippen molar-refractivity contribution in [2.75, 3.05) is 13.1 Å². The molecule has 1 atom stereocenters. The van der Waals surface area contributed by atoms with Gasteiger partial charge in [0, 0.05) is 36.8 Å². The van der Waals surface area contributed by atoms with Crippen molar-refractivity contribution in [1.29, 1.82) is 0 Å². The van der Waals surface area contributed by atoms with Crippen LogP contribution in [0, 0.1) is 6.92 Å². The number of carbonyl (C=O) groups is 1. The number of H-pyrrole nitrogens is 1. The zero-order valence-electron chi connectivity index (χ0n) is 15.5. The number of nitrogens with one attached hydrogen (secondary N) is 1. The minimum absolute atomic E-state index is 0.0371. The first-order chi connectivity index (χ1) is 12.0. The Morgan fingerprint density at radius 2 is 2.20 bits per heavy atom. The van der Waals surface area contributed by atoms with Crippen molar-refractivity contribution in [2.24, 2.45) is 0 Å². The molecule has 1 saturated heterocycles. The molecule has 134 valence electrons. The molecule has 0 aliphatic carbocycles. The predicted molar refractivity (Wildman–Crippen MR) is 96.7 cm³/mol. The van der Waals surface area contributed by atoms with E-state index in [1.165, 1.54) is 11.3 Å². The van der Waals surface area contributed by atoms with Gasteiger partial charge < -0.3 is 4.90 Å². The molecule has 3 heterocycles. The van der Waals surface area contributed by atoms with E-state index in [2.05, 4.69) is 40.9 Å². The maximum Gasteiger partial charge on any atom is 0.257 e. The first-order valence-electron chi connectivity index (χ1n) is 9.16. The fraction of sp³-hybridized carbons (Fsp3) is 0.579. The number of piperidine rings is 1. The molecule has 25 heavy (non-hydrogen) atoms. The van der Waals surface area contributed by atoms with E-state index in [1.807, 2.05) is 18.0 Å². The van der Waals surface area contributed by atoms with Gasteiger partial charge in [-0.2, -0.15) is 5.10 Å². The molecule has 2 aromatic rings. The Balaban J connectivity index is 1.78. The number of carbonyl (C=O) groups excluding carboxylic acids is 1. The third-order valence-electron chi connectivity index (χ3n) is 4.99. The van der Waals surface area contributed by atoms with E-state index in [0.29, 0.717) is 11.5 Å². The molecule has 1 fully saturated rings. The molecule has 1 aliphatic heterocycles. The van der Waals surface area contributed by atoms with Gasteiger partial charge in [-0.05, 0) is 31.7 Å². The lowest BCUT2D eigenvalue weighted by molar-refractivity contribution is 0.0703. The van der Waals surface area contributed by atoms with Crippen LogP contribution >= 0.6 is 0 Å². The van der Waals surface area contributed by atoms with Crippen LogP contribution in [0.25, 0.3) is 0 Å². The summed E-state index contributed by atoms with van der Waals surface area (Å²) in [5.41, 5.74) is 3.82. The van der Waals surface area contributed by atoms with Crippen molar-refractivity contribution in [1.82, 2.24) is 25.1 Å². The third kappa shape index (κ3) is 3.57. The maximum atomic E-state index is 13.0. The highest BCUT2D eigenvalue weighted by Crippen LogP contribution is 2.29. The van der Waals surface area contributed by atoms with E-state index >= 15 is 0 Å². The molecule has 6 nitrogen and oxygen atoms in total. The molecule has 1 aliphatic rings. The van der Waals surface area contributed by atoms with Crippen LogP contribution in [-0.2, 0) is 6.42 Å². The number of nitrogens with zero attached hydrogens (tertiary/aromatic N) is 4. The number of aromatic nitrogens is 4. The van der Waals surface area contributed by atoms with Crippen LogP contribution in [0.1, 0.15) is 78.6 Å². The molecule has 3 rings (SSSR count). The molecule has 2 aromatic heterocycles. The number of rotatable bonds is 4. The Bertz CT molecular complexity index is 752. The van der Waals surface area contributed by atoms with Gasteiger partial charge in [-0.15, -0.1) is 0 Å². The van der Waals surface area contributed by atoms with Gasteiger partial charge in [0.2, 0.25) is 0 Å². The van der Waals surface area contributed by atoms with Crippen LogP contribution in [0.2, 0.25) is 0 Å². The van der Waals surface area contributed by atoms with Gasteiger partial charge in [0.15, 0.2) is 0 Å². The number of hydrogen-bond donors (Lipinski definition) is 1. The second-order valence-electron chi connectivity index (χ2n) is 7.13. The number of amides is 1. The first-order valence-corrected chi connectivity index (χ1v) is 9.16. The summed E-state index contributed by atoms with van der Waals surface area (Å²) >= 11 is 0. The molecule has 6 heteroatoms. The van der Waals surface area contributed by atoms with E-state index in [-0.39, 0.29) is 11.8 Å². The smallest absolute Gasteiger partial charge is 0.257 e. The van der Waals surface area contributed by atoms with Gasteiger partial charge in [0.1, 0.15) is 5.82 Å². The predicted octanol–water partition coefficient (Wildman–Crippen LogP) is 3.21. The lowest BCUT2D eigenvalue weighted by Gasteiger charge is -2.33. The summed E-state index contributed by atoms with van der Waals surface area (Å²) in [6.07, 6.45) is 6.64. The van der Waals surface area contributed by atoms with E-state index in [1.54, 1.807) is 6.20 Å². The molecular formula is C19H27N5O. The van der Waals surface area contributed by atoms with Crippen molar-refractivity contribution in [2.45, 2.75) is 58.8 Å². The Morgan fingerprint density at radius 3 is 2.88 bits per heavy atom. The summed E-state index contributed by atoms with van der Waals surface area (Å²) in [5, 5.41) is 7.33. The average molecular weight is 341 g/mol. The minimum atomic E-state index is 0.0371. The van der Waals surface area contributed by atoms with Crippen molar-refractivity contribution in [3.63, 3.8) is 0 Å². The van der Waals surface area contributed by atoms with Crippen molar-refractivity contribution >= 4 is 5.91 Å². The summed E-state index contributed by atoms with van der Waals surface area (Å²) in [4.78, 5) is 23.8. The van der Waals surface area contributed by atoms with Crippen molar-refractivity contribution < 1.29 is 4.79 Å². The van der Waals surface area contributed by atoms with Crippen LogP contribution in [0.5, 0.6) is 0 Å². The summed E-state index contributed by atoms with van der Waals surface area (Å²) < 4.78 is 0. The van der Waals surface area contributed by atoms with Gasteiger partial charge in [-0.1, -0.05) is 20.8 Å². The van der Waals surface area contributed by atoms with Crippen molar-refractivity contribution in [3.8, 4) is 0 Å². The van der Waals surface area contributed by atoms with Crippen LogP contribution in [0.4, 0.5) is 0 Å². The quantitative estimate of drug-likeness (QED) is 0.926.